The van der Waals surface area contributed by atoms with Gasteiger partial charge in [-0.05, 0) is 36.8 Å². The summed E-state index contributed by atoms with van der Waals surface area (Å²) in [7, 11) is 0. The Kier molecular flexibility index (Phi) is 3.84. The van der Waals surface area contributed by atoms with Gasteiger partial charge in [0.15, 0.2) is 0 Å². The van der Waals surface area contributed by atoms with Crippen LogP contribution in [0.1, 0.15) is 5.56 Å². The molecule has 116 valence electrons. The van der Waals surface area contributed by atoms with Crippen LogP contribution in [0.5, 0.6) is 0 Å². The number of halogens is 3. The number of hydrogen-bond donors (Lipinski definition) is 1. The van der Waals surface area contributed by atoms with Crippen molar-refractivity contribution in [1.29, 1.82) is 0 Å². The molecule has 0 radical (unpaired) electrons. The van der Waals surface area contributed by atoms with E-state index in [0.717, 1.165) is 40.2 Å². The number of rotatable bonds is 2. The fourth-order valence-electron chi connectivity index (χ4n) is 2.86. The van der Waals surface area contributed by atoms with Crippen molar-refractivity contribution < 1.29 is 0 Å². The number of benzene rings is 2. The molecule has 0 amide bonds. The second kappa shape index (κ2) is 5.86. The number of aromatic nitrogens is 2. The summed E-state index contributed by atoms with van der Waals surface area (Å²) < 4.78 is 2.89. The first kappa shape index (κ1) is 15.1. The van der Waals surface area contributed by atoms with Crippen LogP contribution in [0.25, 0.3) is 16.9 Å². The number of nitrogens with one attached hydrogen (secondary N) is 1. The molecule has 4 rings (SSSR count). The number of anilines is 1. The molecule has 2 aromatic carbocycles. The van der Waals surface area contributed by atoms with Crippen LogP contribution in [0, 0.1) is 0 Å². The van der Waals surface area contributed by atoms with E-state index in [1.165, 1.54) is 5.56 Å². The van der Waals surface area contributed by atoms with Crippen LogP contribution in [0.2, 0.25) is 10.0 Å². The van der Waals surface area contributed by atoms with E-state index in [-0.39, 0.29) is 0 Å². The summed E-state index contributed by atoms with van der Waals surface area (Å²) in [6.45, 7) is 0.895. The lowest BCUT2D eigenvalue weighted by Gasteiger charge is -2.08. The van der Waals surface area contributed by atoms with E-state index in [4.69, 9.17) is 28.3 Å². The second-order valence-electron chi connectivity index (χ2n) is 5.37. The first-order valence-electron chi connectivity index (χ1n) is 7.20. The van der Waals surface area contributed by atoms with Gasteiger partial charge in [-0.15, -0.1) is 0 Å². The topological polar surface area (TPSA) is 29.9 Å². The maximum absolute atomic E-state index is 6.36. The molecule has 0 aliphatic carbocycles. The minimum absolute atomic E-state index is 0.620. The lowest BCUT2D eigenvalue weighted by molar-refractivity contribution is 0.882. The Bertz CT molecular complexity index is 905. The number of fused-ring (bicyclic) bond motifs is 1. The molecule has 3 aromatic rings. The van der Waals surface area contributed by atoms with E-state index in [2.05, 4.69) is 33.4 Å². The molecule has 0 spiro atoms. The van der Waals surface area contributed by atoms with Crippen LogP contribution >= 0.6 is 39.1 Å². The molecule has 1 aromatic heterocycles. The highest BCUT2D eigenvalue weighted by molar-refractivity contribution is 9.10. The molecule has 0 unspecified atom stereocenters. The minimum Gasteiger partial charge on any atom is -0.369 e. The van der Waals surface area contributed by atoms with Gasteiger partial charge in [0.1, 0.15) is 5.82 Å². The summed E-state index contributed by atoms with van der Waals surface area (Å²) in [6.07, 6.45) is 0.940. The van der Waals surface area contributed by atoms with Crippen LogP contribution < -0.4 is 5.32 Å². The Hall–Kier alpha value is -1.49. The van der Waals surface area contributed by atoms with Gasteiger partial charge in [0, 0.05) is 27.2 Å². The standard InChI is InChI=1S/C17H12BrCl2N3/c18-11-3-1-2-10(8-11)16-13-6-7-21-17(13)23(22-16)15-9-12(19)4-5-14(15)20/h1-5,8-9,21H,6-7H2. The molecule has 1 aliphatic heterocycles. The molecule has 0 atom stereocenters. The molecule has 0 fully saturated rings. The van der Waals surface area contributed by atoms with Crippen LogP contribution in [0.15, 0.2) is 46.9 Å². The molecular weight excluding hydrogens is 397 g/mol. The van der Waals surface area contributed by atoms with Crippen molar-refractivity contribution in [2.45, 2.75) is 6.42 Å². The van der Waals surface area contributed by atoms with Crippen molar-refractivity contribution >= 4 is 44.9 Å². The lowest BCUT2D eigenvalue weighted by Crippen LogP contribution is -2.04. The second-order valence-corrected chi connectivity index (χ2v) is 7.13. The van der Waals surface area contributed by atoms with Crippen LogP contribution in [0.4, 0.5) is 5.82 Å². The van der Waals surface area contributed by atoms with E-state index in [9.17, 15) is 0 Å². The summed E-state index contributed by atoms with van der Waals surface area (Å²) in [6, 6.07) is 13.6. The van der Waals surface area contributed by atoms with Gasteiger partial charge >= 0.3 is 0 Å². The predicted molar refractivity (Wildman–Crippen MR) is 98.9 cm³/mol. The van der Waals surface area contributed by atoms with Crippen LogP contribution in [-0.4, -0.2) is 16.3 Å². The van der Waals surface area contributed by atoms with Crippen molar-refractivity contribution in [3.05, 3.63) is 62.5 Å². The van der Waals surface area contributed by atoms with Crippen molar-refractivity contribution in [2.24, 2.45) is 0 Å². The molecule has 0 saturated carbocycles. The van der Waals surface area contributed by atoms with Crippen molar-refractivity contribution in [1.82, 2.24) is 9.78 Å². The summed E-state index contributed by atoms with van der Waals surface area (Å²) in [4.78, 5) is 0. The third-order valence-corrected chi connectivity index (χ3v) is 4.93. The highest BCUT2D eigenvalue weighted by Gasteiger charge is 2.24. The molecule has 0 bridgehead atoms. The largest absolute Gasteiger partial charge is 0.369 e. The van der Waals surface area contributed by atoms with E-state index in [1.807, 2.05) is 22.9 Å². The quantitative estimate of drug-likeness (QED) is 0.600. The fourth-order valence-corrected chi connectivity index (χ4v) is 3.63. The van der Waals surface area contributed by atoms with Gasteiger partial charge in [-0.25, -0.2) is 4.68 Å². The Morgan fingerprint density at radius 2 is 2.00 bits per heavy atom. The number of nitrogens with zero attached hydrogens (tertiary/aromatic N) is 2. The van der Waals surface area contributed by atoms with Gasteiger partial charge in [-0.1, -0.05) is 51.3 Å². The Balaban J connectivity index is 1.93. The van der Waals surface area contributed by atoms with Crippen molar-refractivity contribution in [3.63, 3.8) is 0 Å². The summed E-state index contributed by atoms with van der Waals surface area (Å²) in [5.41, 5.74) is 4.05. The van der Waals surface area contributed by atoms with Crippen molar-refractivity contribution in [2.75, 3.05) is 11.9 Å². The molecule has 1 N–H and O–H groups in total. The smallest absolute Gasteiger partial charge is 0.133 e. The zero-order valence-corrected chi connectivity index (χ0v) is 15.1. The Morgan fingerprint density at radius 3 is 2.83 bits per heavy atom. The number of hydrogen-bond acceptors (Lipinski definition) is 2. The first-order chi connectivity index (χ1) is 11.1. The zero-order chi connectivity index (χ0) is 16.0. The molecule has 6 heteroatoms. The summed E-state index contributed by atoms with van der Waals surface area (Å²) in [5.74, 6) is 0.990. The van der Waals surface area contributed by atoms with E-state index >= 15 is 0 Å². The van der Waals surface area contributed by atoms with Crippen LogP contribution in [-0.2, 0) is 6.42 Å². The fraction of sp³-hybridized carbons (Fsp3) is 0.118. The maximum atomic E-state index is 6.36. The van der Waals surface area contributed by atoms with E-state index in [1.54, 1.807) is 12.1 Å². The minimum atomic E-state index is 0.620. The lowest BCUT2D eigenvalue weighted by atomic mass is 10.1. The molecule has 0 saturated heterocycles. The van der Waals surface area contributed by atoms with Gasteiger partial charge in [0.25, 0.3) is 0 Å². The molecule has 3 nitrogen and oxygen atoms in total. The zero-order valence-electron chi connectivity index (χ0n) is 12.0. The van der Waals surface area contributed by atoms with E-state index < -0.39 is 0 Å². The normalized spacial score (nSPS) is 13.0. The third kappa shape index (κ3) is 2.65. The average Bonchev–Trinajstić information content (AvgIpc) is 3.12. The van der Waals surface area contributed by atoms with Gasteiger partial charge < -0.3 is 5.32 Å². The maximum Gasteiger partial charge on any atom is 0.133 e. The first-order valence-corrected chi connectivity index (χ1v) is 8.75. The SMILES string of the molecule is Clc1ccc(Cl)c(-n2nc(-c3cccc(Br)c3)c3c2NCC3)c1. The molecule has 23 heavy (non-hydrogen) atoms. The van der Waals surface area contributed by atoms with Gasteiger partial charge in [-0.3, -0.25) is 0 Å². The van der Waals surface area contributed by atoms with Gasteiger partial charge in [0.2, 0.25) is 0 Å². The highest BCUT2D eigenvalue weighted by Crippen LogP contribution is 2.37. The summed E-state index contributed by atoms with van der Waals surface area (Å²) >= 11 is 16.0. The third-order valence-electron chi connectivity index (χ3n) is 3.89. The van der Waals surface area contributed by atoms with Crippen LogP contribution in [0.3, 0.4) is 0 Å². The van der Waals surface area contributed by atoms with Gasteiger partial charge in [0.05, 0.1) is 16.4 Å². The van der Waals surface area contributed by atoms with Gasteiger partial charge in [-0.2, -0.15) is 5.10 Å². The Labute approximate surface area is 152 Å². The van der Waals surface area contributed by atoms with E-state index in [0.29, 0.717) is 10.0 Å². The predicted octanol–water partition coefficient (Wildman–Crippen LogP) is 5.58. The average molecular weight is 409 g/mol. The molecule has 2 heterocycles. The summed E-state index contributed by atoms with van der Waals surface area (Å²) in [5, 5.41) is 9.47. The molecule has 1 aliphatic rings. The highest BCUT2D eigenvalue weighted by atomic mass is 79.9. The van der Waals surface area contributed by atoms with Crippen molar-refractivity contribution in [3.8, 4) is 16.9 Å². The Morgan fingerprint density at radius 1 is 1.13 bits per heavy atom. The molecular formula is C17H12BrCl2N3. The monoisotopic (exact) mass is 407 g/mol.